The molecule has 0 N–H and O–H groups in total. The first-order chi connectivity index (χ1) is 42.6. The molecule has 0 saturated heterocycles. The van der Waals surface area contributed by atoms with Crippen molar-refractivity contribution in [2.45, 2.75) is 0 Å². The lowest BCUT2D eigenvalue weighted by atomic mass is 9.97. The monoisotopic (exact) mass is 1110 g/mol. The maximum Gasteiger partial charge on any atom is 0.142 e. The third-order valence-corrected chi connectivity index (χ3v) is 15.4. The van der Waals surface area contributed by atoms with Crippen LogP contribution in [-0.2, 0) is 0 Å². The Kier molecular flexibility index (Phi) is 17.2. The molecule has 12 aromatic carbocycles. The van der Waals surface area contributed by atoms with E-state index in [1.807, 2.05) is 0 Å². The van der Waals surface area contributed by atoms with E-state index in [-0.39, 0.29) is 0 Å². The van der Waals surface area contributed by atoms with Gasteiger partial charge < -0.3 is 19.3 Å². The van der Waals surface area contributed by atoms with Crippen molar-refractivity contribution >= 4 is 57.4 Å². The summed E-state index contributed by atoms with van der Waals surface area (Å²) in [6, 6.07) is 111. The van der Waals surface area contributed by atoms with Crippen molar-refractivity contribution in [3.63, 3.8) is 0 Å². The first-order valence-electron chi connectivity index (χ1n) is 29.0. The van der Waals surface area contributed by atoms with Crippen LogP contribution in [0.4, 0.5) is 34.1 Å². The normalized spacial score (nSPS) is 11.0. The maximum atomic E-state index is 6.14. The molecule has 0 atom stereocenters. The SMILES string of the molecule is COc1ccc(-c2ccccc2)cc1N(c1ccc(C=CC=C(c2ccccc2)c2ccccc2)cc1)c1ccc(-c2ccc(N(c3ccc(C=CC=C(c4ccccc4)c4ccccc4)cc3)c3cc(-c4ccccc4)ccc3OC)cc2)cc1. The summed E-state index contributed by atoms with van der Waals surface area (Å²) < 4.78 is 12.3. The van der Waals surface area contributed by atoms with Crippen LogP contribution in [0.3, 0.4) is 0 Å². The lowest BCUT2D eigenvalue weighted by molar-refractivity contribution is 0.416. The maximum absolute atomic E-state index is 6.14. The molecule has 0 aromatic heterocycles. The van der Waals surface area contributed by atoms with Crippen LogP contribution in [-0.4, -0.2) is 14.2 Å². The third-order valence-electron chi connectivity index (χ3n) is 15.4. The molecular formula is C82H64N2O2. The van der Waals surface area contributed by atoms with Crippen LogP contribution in [0.15, 0.2) is 340 Å². The van der Waals surface area contributed by atoms with Crippen LogP contribution in [0.5, 0.6) is 11.5 Å². The average molecular weight is 1110 g/mol. The highest BCUT2D eigenvalue weighted by molar-refractivity contribution is 5.88. The van der Waals surface area contributed by atoms with E-state index in [4.69, 9.17) is 9.47 Å². The number of hydrogen-bond donors (Lipinski definition) is 0. The molecule has 12 aromatic rings. The van der Waals surface area contributed by atoms with E-state index in [0.717, 1.165) is 90.1 Å². The van der Waals surface area contributed by atoms with Crippen LogP contribution < -0.4 is 19.3 Å². The van der Waals surface area contributed by atoms with Gasteiger partial charge in [0.05, 0.1) is 25.6 Å². The van der Waals surface area contributed by atoms with Gasteiger partial charge in [0.25, 0.3) is 0 Å². The van der Waals surface area contributed by atoms with E-state index in [9.17, 15) is 0 Å². The Bertz CT molecular complexity index is 3910. The molecule has 86 heavy (non-hydrogen) atoms. The van der Waals surface area contributed by atoms with E-state index in [2.05, 4.69) is 362 Å². The van der Waals surface area contributed by atoms with Crippen LogP contribution in [0, 0.1) is 0 Å². The second kappa shape index (κ2) is 26.8. The largest absolute Gasteiger partial charge is 0.495 e. The molecule has 0 aliphatic heterocycles. The van der Waals surface area contributed by atoms with Crippen molar-refractivity contribution < 1.29 is 9.47 Å². The fourth-order valence-corrected chi connectivity index (χ4v) is 11.0. The first kappa shape index (κ1) is 55.3. The third kappa shape index (κ3) is 12.9. The van der Waals surface area contributed by atoms with Crippen molar-refractivity contribution in [1.29, 1.82) is 0 Å². The van der Waals surface area contributed by atoms with Crippen LogP contribution in [0.25, 0.3) is 56.7 Å². The zero-order chi connectivity index (χ0) is 58.3. The quantitative estimate of drug-likeness (QED) is 0.0754. The summed E-state index contributed by atoms with van der Waals surface area (Å²) in [7, 11) is 3.48. The minimum Gasteiger partial charge on any atom is -0.495 e. The number of nitrogens with zero attached hydrogens (tertiary/aromatic N) is 2. The van der Waals surface area contributed by atoms with E-state index in [0.29, 0.717) is 0 Å². The fraction of sp³-hybridized carbons (Fsp3) is 0.0244. The fourth-order valence-electron chi connectivity index (χ4n) is 11.0. The highest BCUT2D eigenvalue weighted by Gasteiger charge is 2.21. The number of rotatable bonds is 19. The van der Waals surface area contributed by atoms with Crippen LogP contribution in [0.1, 0.15) is 33.4 Å². The molecule has 0 aliphatic rings. The van der Waals surface area contributed by atoms with Crippen molar-refractivity contribution in [2.75, 3.05) is 24.0 Å². The van der Waals surface area contributed by atoms with Gasteiger partial charge in [0.2, 0.25) is 0 Å². The Hall–Kier alpha value is -11.2. The van der Waals surface area contributed by atoms with E-state index >= 15 is 0 Å². The Balaban J connectivity index is 0.869. The molecule has 0 spiro atoms. The van der Waals surface area contributed by atoms with E-state index in [1.165, 1.54) is 33.4 Å². The van der Waals surface area contributed by atoms with Gasteiger partial charge in [-0.25, -0.2) is 0 Å². The predicted molar refractivity (Wildman–Crippen MR) is 363 cm³/mol. The Labute approximate surface area is 506 Å². The van der Waals surface area contributed by atoms with Crippen molar-refractivity contribution in [1.82, 2.24) is 0 Å². The first-order valence-corrected chi connectivity index (χ1v) is 29.0. The standard InChI is InChI=1S/C82H64N2O2/c1-85-81-57-47-71(63-25-9-3-10-26-63)59-79(81)83(73-49-39-61(40-50-73)23-21-37-77(67-29-13-5-14-30-67)68-31-15-6-16-32-68)75-53-43-65(44-54-75)66-45-55-76(56-46-66)84(80-60-72(48-58-82(80)86-2)64-27-11-4-12-28-64)74-51-41-62(42-52-74)24-22-38-78(69-33-17-7-18-34-69)70-35-19-8-20-36-70/h3-60H,1-2H3. The summed E-state index contributed by atoms with van der Waals surface area (Å²) in [6.45, 7) is 0. The molecule has 4 heteroatoms. The topological polar surface area (TPSA) is 24.9 Å². The van der Waals surface area contributed by atoms with Gasteiger partial charge >= 0.3 is 0 Å². The molecule has 0 unspecified atom stereocenters. The summed E-state index contributed by atoms with van der Waals surface area (Å²) in [4.78, 5) is 4.57. The lowest BCUT2D eigenvalue weighted by Gasteiger charge is -2.28. The summed E-state index contributed by atoms with van der Waals surface area (Å²) in [5.74, 6) is 1.53. The summed E-state index contributed by atoms with van der Waals surface area (Å²) >= 11 is 0. The second-order valence-electron chi connectivity index (χ2n) is 20.8. The average Bonchev–Trinajstić information content (AvgIpc) is 1.65. The summed E-state index contributed by atoms with van der Waals surface area (Å²) in [5, 5.41) is 0. The van der Waals surface area contributed by atoms with Crippen LogP contribution >= 0.6 is 0 Å². The minimum atomic E-state index is 0.767. The number of anilines is 6. The Morgan fingerprint density at radius 3 is 0.814 bits per heavy atom. The Morgan fingerprint density at radius 2 is 0.523 bits per heavy atom. The molecule has 0 bridgehead atoms. The van der Waals surface area contributed by atoms with Gasteiger partial charge in [0.1, 0.15) is 11.5 Å². The number of hydrogen-bond acceptors (Lipinski definition) is 4. The molecular weight excluding hydrogens is 1040 g/mol. The molecule has 0 amide bonds. The number of methoxy groups -OCH3 is 2. The molecule has 0 radical (unpaired) electrons. The number of allylic oxidation sites excluding steroid dienone is 4. The molecule has 0 saturated carbocycles. The highest BCUT2D eigenvalue weighted by Crippen LogP contribution is 2.45. The summed E-state index contributed by atoms with van der Waals surface area (Å²) in [6.07, 6.45) is 13.0. The van der Waals surface area contributed by atoms with Gasteiger partial charge in [-0.1, -0.05) is 279 Å². The molecule has 414 valence electrons. The van der Waals surface area contributed by atoms with Gasteiger partial charge in [-0.2, -0.15) is 0 Å². The van der Waals surface area contributed by atoms with Gasteiger partial charge in [-0.15, -0.1) is 0 Å². The van der Waals surface area contributed by atoms with Gasteiger partial charge in [0.15, 0.2) is 0 Å². The lowest BCUT2D eigenvalue weighted by Crippen LogP contribution is -2.11. The van der Waals surface area contributed by atoms with Crippen molar-refractivity contribution in [3.05, 3.63) is 373 Å². The van der Waals surface area contributed by atoms with Gasteiger partial charge in [-0.05, 0) is 151 Å². The molecule has 0 heterocycles. The molecule has 12 rings (SSSR count). The zero-order valence-electron chi connectivity index (χ0n) is 48.2. The second-order valence-corrected chi connectivity index (χ2v) is 20.8. The minimum absolute atomic E-state index is 0.767. The highest BCUT2D eigenvalue weighted by atomic mass is 16.5. The predicted octanol–water partition coefficient (Wildman–Crippen LogP) is 21.9. The van der Waals surface area contributed by atoms with Gasteiger partial charge in [-0.3, -0.25) is 0 Å². The smallest absolute Gasteiger partial charge is 0.142 e. The zero-order valence-corrected chi connectivity index (χ0v) is 48.2. The Morgan fingerprint density at radius 1 is 0.267 bits per heavy atom. The molecule has 0 aliphatic carbocycles. The van der Waals surface area contributed by atoms with E-state index in [1.54, 1.807) is 14.2 Å². The number of ether oxygens (including phenoxy) is 2. The molecule has 0 fully saturated rings. The van der Waals surface area contributed by atoms with Gasteiger partial charge in [0, 0.05) is 22.7 Å². The van der Waals surface area contributed by atoms with Crippen molar-refractivity contribution in [3.8, 4) is 44.9 Å². The van der Waals surface area contributed by atoms with Crippen molar-refractivity contribution in [2.24, 2.45) is 0 Å². The van der Waals surface area contributed by atoms with E-state index < -0.39 is 0 Å². The molecule has 4 nitrogen and oxygen atoms in total. The van der Waals surface area contributed by atoms with Crippen LogP contribution in [0.2, 0.25) is 0 Å². The summed E-state index contributed by atoms with van der Waals surface area (Å²) in [5.41, 5.74) is 21.7. The number of benzene rings is 12.